The van der Waals surface area contributed by atoms with Crippen molar-refractivity contribution < 1.29 is 19.4 Å². The molecule has 0 aliphatic heterocycles. The summed E-state index contributed by atoms with van der Waals surface area (Å²) in [5, 5.41) is 9.30. The molecule has 4 heteroatoms. The fourth-order valence-corrected chi connectivity index (χ4v) is 2.39. The molecule has 124 valence electrons. The molecular weight excluding hydrogens is 316 g/mol. The first-order valence-corrected chi connectivity index (χ1v) is 7.78. The number of phenolic OH excluding ortho intramolecular Hbond substituents is 1. The third-order valence-electron chi connectivity index (χ3n) is 3.76. The highest BCUT2D eigenvalue weighted by Gasteiger charge is 2.08. The molecule has 0 bridgehead atoms. The zero-order chi connectivity index (χ0) is 17.6. The Morgan fingerprint density at radius 3 is 1.96 bits per heavy atom. The predicted octanol–water partition coefficient (Wildman–Crippen LogP) is 4.01. The van der Waals surface area contributed by atoms with E-state index in [2.05, 4.69) is 0 Å². The topological polar surface area (TPSA) is 63.6 Å². The lowest BCUT2D eigenvalue weighted by atomic mass is 10.0. The quantitative estimate of drug-likeness (QED) is 0.435. The Bertz CT molecular complexity index is 863. The van der Waals surface area contributed by atoms with Crippen LogP contribution in [0, 0.1) is 0 Å². The molecule has 0 atom stereocenters. The molecule has 0 radical (unpaired) electrons. The second-order valence-electron chi connectivity index (χ2n) is 5.62. The molecule has 0 aromatic heterocycles. The molecule has 0 fully saturated rings. The maximum atomic E-state index is 12.1. The van der Waals surface area contributed by atoms with E-state index in [0.717, 1.165) is 23.8 Å². The SMILES string of the molecule is O=Cc1ccc(C(=O)Oc2ccc(Cc3ccc(O)cc3)cc2)cc1. The summed E-state index contributed by atoms with van der Waals surface area (Å²) in [5.74, 6) is 0.231. The van der Waals surface area contributed by atoms with Gasteiger partial charge < -0.3 is 9.84 Å². The van der Waals surface area contributed by atoms with Crippen LogP contribution in [-0.4, -0.2) is 17.4 Å². The van der Waals surface area contributed by atoms with E-state index in [1.807, 2.05) is 24.3 Å². The summed E-state index contributed by atoms with van der Waals surface area (Å²) < 4.78 is 5.33. The minimum atomic E-state index is -0.469. The number of carbonyl (C=O) groups is 2. The number of carbonyl (C=O) groups excluding carboxylic acids is 2. The molecule has 4 nitrogen and oxygen atoms in total. The third-order valence-corrected chi connectivity index (χ3v) is 3.76. The standard InChI is InChI=1S/C21H16O4/c22-14-17-1-7-18(8-2-17)21(24)25-20-11-5-16(6-12-20)13-15-3-9-19(23)10-4-15/h1-12,14,23H,13H2. The molecule has 0 unspecified atom stereocenters. The van der Waals surface area contributed by atoms with Gasteiger partial charge in [-0.3, -0.25) is 4.79 Å². The Kier molecular flexibility index (Phi) is 4.90. The van der Waals surface area contributed by atoms with E-state index in [-0.39, 0.29) is 5.75 Å². The molecule has 3 aromatic rings. The highest BCUT2D eigenvalue weighted by Crippen LogP contribution is 2.18. The first-order chi connectivity index (χ1) is 12.1. The normalized spacial score (nSPS) is 10.2. The summed E-state index contributed by atoms with van der Waals surface area (Å²) >= 11 is 0. The van der Waals surface area contributed by atoms with Crippen molar-refractivity contribution in [3.63, 3.8) is 0 Å². The van der Waals surface area contributed by atoms with E-state index in [1.54, 1.807) is 48.5 Å². The van der Waals surface area contributed by atoms with Gasteiger partial charge in [-0.25, -0.2) is 4.79 Å². The van der Waals surface area contributed by atoms with Crippen molar-refractivity contribution in [2.24, 2.45) is 0 Å². The third kappa shape index (κ3) is 4.32. The molecule has 0 saturated carbocycles. The van der Waals surface area contributed by atoms with Crippen LogP contribution in [0.1, 0.15) is 31.8 Å². The van der Waals surface area contributed by atoms with Crippen molar-refractivity contribution in [3.05, 3.63) is 95.1 Å². The molecule has 0 aliphatic carbocycles. The van der Waals surface area contributed by atoms with Crippen molar-refractivity contribution in [3.8, 4) is 11.5 Å². The summed E-state index contributed by atoms with van der Waals surface area (Å²) in [6, 6.07) is 20.6. The van der Waals surface area contributed by atoms with Crippen LogP contribution in [0.3, 0.4) is 0 Å². The van der Waals surface area contributed by atoms with Gasteiger partial charge >= 0.3 is 5.97 Å². The minimum Gasteiger partial charge on any atom is -0.508 e. The predicted molar refractivity (Wildman–Crippen MR) is 94.1 cm³/mol. The molecule has 0 amide bonds. The molecule has 3 rings (SSSR count). The van der Waals surface area contributed by atoms with Gasteiger partial charge in [0.15, 0.2) is 0 Å². The Labute approximate surface area is 145 Å². The summed E-state index contributed by atoms with van der Waals surface area (Å²) in [6.07, 6.45) is 1.45. The number of benzene rings is 3. The summed E-state index contributed by atoms with van der Waals surface area (Å²) in [7, 11) is 0. The van der Waals surface area contributed by atoms with Crippen molar-refractivity contribution in [2.75, 3.05) is 0 Å². The van der Waals surface area contributed by atoms with E-state index in [9.17, 15) is 14.7 Å². The summed E-state index contributed by atoms with van der Waals surface area (Å²) in [4.78, 5) is 22.7. The van der Waals surface area contributed by atoms with Gasteiger partial charge in [0, 0.05) is 5.56 Å². The maximum absolute atomic E-state index is 12.1. The zero-order valence-corrected chi connectivity index (χ0v) is 13.4. The number of ether oxygens (including phenoxy) is 1. The highest BCUT2D eigenvalue weighted by atomic mass is 16.5. The average molecular weight is 332 g/mol. The van der Waals surface area contributed by atoms with Crippen LogP contribution in [0.4, 0.5) is 0 Å². The van der Waals surface area contributed by atoms with Crippen LogP contribution in [0.2, 0.25) is 0 Å². The zero-order valence-electron chi connectivity index (χ0n) is 13.4. The number of phenols is 1. The van der Waals surface area contributed by atoms with Crippen molar-refractivity contribution >= 4 is 12.3 Å². The van der Waals surface area contributed by atoms with Crippen LogP contribution in [-0.2, 0) is 6.42 Å². The largest absolute Gasteiger partial charge is 0.508 e. The van der Waals surface area contributed by atoms with Gasteiger partial charge in [0.05, 0.1) is 5.56 Å². The van der Waals surface area contributed by atoms with E-state index in [1.165, 1.54) is 0 Å². The van der Waals surface area contributed by atoms with Crippen LogP contribution in [0.25, 0.3) is 0 Å². The Hall–Kier alpha value is -3.40. The number of aromatic hydroxyl groups is 1. The van der Waals surface area contributed by atoms with E-state index < -0.39 is 5.97 Å². The fourth-order valence-electron chi connectivity index (χ4n) is 2.39. The van der Waals surface area contributed by atoms with Gasteiger partial charge in [-0.15, -0.1) is 0 Å². The number of aldehydes is 1. The Morgan fingerprint density at radius 1 is 0.840 bits per heavy atom. The van der Waals surface area contributed by atoms with Crippen molar-refractivity contribution in [2.45, 2.75) is 6.42 Å². The summed E-state index contributed by atoms with van der Waals surface area (Å²) in [5.41, 5.74) is 3.05. The van der Waals surface area contributed by atoms with E-state index in [4.69, 9.17) is 4.74 Å². The van der Waals surface area contributed by atoms with Crippen molar-refractivity contribution in [1.82, 2.24) is 0 Å². The summed E-state index contributed by atoms with van der Waals surface area (Å²) in [6.45, 7) is 0. The first kappa shape index (κ1) is 16.5. The van der Waals surface area contributed by atoms with Gasteiger partial charge in [0.2, 0.25) is 0 Å². The second kappa shape index (κ2) is 7.45. The number of hydrogen-bond acceptors (Lipinski definition) is 4. The molecule has 0 heterocycles. The lowest BCUT2D eigenvalue weighted by Crippen LogP contribution is -2.08. The maximum Gasteiger partial charge on any atom is 0.343 e. The number of hydrogen-bond donors (Lipinski definition) is 1. The average Bonchev–Trinajstić information content (AvgIpc) is 2.65. The van der Waals surface area contributed by atoms with Gasteiger partial charge in [0.1, 0.15) is 17.8 Å². The first-order valence-electron chi connectivity index (χ1n) is 7.78. The van der Waals surface area contributed by atoms with Crippen LogP contribution in [0.5, 0.6) is 11.5 Å². The molecule has 25 heavy (non-hydrogen) atoms. The molecule has 0 spiro atoms. The smallest absolute Gasteiger partial charge is 0.343 e. The molecule has 0 aliphatic rings. The number of esters is 1. The monoisotopic (exact) mass is 332 g/mol. The molecule has 1 N–H and O–H groups in total. The van der Waals surface area contributed by atoms with Gasteiger partial charge in [-0.1, -0.05) is 36.4 Å². The molecule has 0 saturated heterocycles. The van der Waals surface area contributed by atoms with Crippen LogP contribution < -0.4 is 4.74 Å². The molecule has 3 aromatic carbocycles. The molecular formula is C21H16O4. The van der Waals surface area contributed by atoms with Crippen LogP contribution >= 0.6 is 0 Å². The lowest BCUT2D eigenvalue weighted by Gasteiger charge is -2.06. The van der Waals surface area contributed by atoms with Gasteiger partial charge in [0.25, 0.3) is 0 Å². The van der Waals surface area contributed by atoms with Gasteiger partial charge in [-0.05, 0) is 53.9 Å². The second-order valence-corrected chi connectivity index (χ2v) is 5.62. The highest BCUT2D eigenvalue weighted by molar-refractivity contribution is 5.91. The minimum absolute atomic E-state index is 0.243. The van der Waals surface area contributed by atoms with Crippen molar-refractivity contribution in [1.29, 1.82) is 0 Å². The van der Waals surface area contributed by atoms with E-state index in [0.29, 0.717) is 16.9 Å². The fraction of sp³-hybridized carbons (Fsp3) is 0.0476. The van der Waals surface area contributed by atoms with Gasteiger partial charge in [-0.2, -0.15) is 0 Å². The number of rotatable bonds is 5. The van der Waals surface area contributed by atoms with E-state index >= 15 is 0 Å². The van der Waals surface area contributed by atoms with Crippen LogP contribution in [0.15, 0.2) is 72.8 Å². The Morgan fingerprint density at radius 2 is 1.40 bits per heavy atom. The Balaban J connectivity index is 1.64. The lowest BCUT2D eigenvalue weighted by molar-refractivity contribution is 0.0734.